The SMILES string of the molecule is c1ccc(-n2c3ccc(-c4ccc5c6cc(-c7cccc8ccccc78)ccc6n(-c6ccccc6)c5c4)cc3c3cc(-c4ccc5c6cc(-c7cccc8ccccc78)ccc6n(-c6ccccc6)c5c4)ccc32)cc1. The van der Waals surface area contributed by atoms with Crippen molar-refractivity contribution in [1.29, 1.82) is 0 Å². The fourth-order valence-electron chi connectivity index (χ4n) is 12.6. The Hall–Kier alpha value is -10.2. The molecule has 0 bridgehead atoms. The zero-order chi connectivity index (χ0) is 50.6. The maximum absolute atomic E-state index is 2.44. The molecule has 0 aliphatic heterocycles. The van der Waals surface area contributed by atoms with Gasteiger partial charge in [0.25, 0.3) is 0 Å². The van der Waals surface area contributed by atoms with Gasteiger partial charge >= 0.3 is 0 Å². The highest BCUT2D eigenvalue weighted by Crippen LogP contribution is 2.43. The third-order valence-electron chi connectivity index (χ3n) is 16.2. The molecule has 358 valence electrons. The Morgan fingerprint density at radius 2 is 0.468 bits per heavy atom. The molecule has 3 aromatic heterocycles. The van der Waals surface area contributed by atoms with Crippen molar-refractivity contribution in [2.24, 2.45) is 0 Å². The van der Waals surface area contributed by atoms with E-state index < -0.39 is 0 Å². The van der Waals surface area contributed by atoms with E-state index in [2.05, 4.69) is 299 Å². The largest absolute Gasteiger partial charge is 0.309 e. The number of hydrogen-bond donors (Lipinski definition) is 0. The molecule has 3 nitrogen and oxygen atoms in total. The summed E-state index contributed by atoms with van der Waals surface area (Å²) < 4.78 is 7.29. The molecule has 0 unspecified atom stereocenters. The topological polar surface area (TPSA) is 14.8 Å². The van der Waals surface area contributed by atoms with E-state index in [9.17, 15) is 0 Å². The minimum Gasteiger partial charge on any atom is -0.309 e. The summed E-state index contributed by atoms with van der Waals surface area (Å²) in [5, 5.41) is 12.4. The maximum atomic E-state index is 2.44. The summed E-state index contributed by atoms with van der Waals surface area (Å²) in [6.07, 6.45) is 0. The Kier molecular flexibility index (Phi) is 9.64. The quantitative estimate of drug-likeness (QED) is 0.151. The van der Waals surface area contributed by atoms with Crippen molar-refractivity contribution in [2.45, 2.75) is 0 Å². The fraction of sp³-hybridized carbons (Fsp3) is 0. The molecule has 16 rings (SSSR count). The average molecular weight is 978 g/mol. The Labute approximate surface area is 445 Å². The van der Waals surface area contributed by atoms with Crippen LogP contribution in [0.2, 0.25) is 0 Å². The van der Waals surface area contributed by atoms with E-state index in [4.69, 9.17) is 0 Å². The van der Waals surface area contributed by atoms with Crippen LogP contribution in [-0.2, 0) is 0 Å². The molecular formula is C74H47N3. The van der Waals surface area contributed by atoms with E-state index in [1.807, 2.05) is 0 Å². The second kappa shape index (κ2) is 17.2. The van der Waals surface area contributed by atoms with Crippen molar-refractivity contribution in [3.05, 3.63) is 285 Å². The molecule has 77 heavy (non-hydrogen) atoms. The van der Waals surface area contributed by atoms with Gasteiger partial charge in [-0.3, -0.25) is 0 Å². The molecule has 0 radical (unpaired) electrons. The lowest BCUT2D eigenvalue weighted by atomic mass is 9.96. The first-order chi connectivity index (χ1) is 38.2. The summed E-state index contributed by atoms with van der Waals surface area (Å²) in [6.45, 7) is 0. The van der Waals surface area contributed by atoms with Gasteiger partial charge in [0, 0.05) is 49.4 Å². The van der Waals surface area contributed by atoms with Gasteiger partial charge in [-0.05, 0) is 163 Å². The zero-order valence-electron chi connectivity index (χ0n) is 42.0. The van der Waals surface area contributed by atoms with Crippen molar-refractivity contribution in [2.75, 3.05) is 0 Å². The van der Waals surface area contributed by atoms with Gasteiger partial charge in [0.2, 0.25) is 0 Å². The van der Waals surface area contributed by atoms with Crippen LogP contribution in [0.25, 0.3) is 149 Å². The molecule has 0 atom stereocenters. The van der Waals surface area contributed by atoms with Crippen molar-refractivity contribution in [3.8, 4) is 61.6 Å². The highest BCUT2D eigenvalue weighted by molar-refractivity contribution is 6.16. The summed E-state index contributed by atoms with van der Waals surface area (Å²) in [4.78, 5) is 0. The highest BCUT2D eigenvalue weighted by Gasteiger charge is 2.20. The lowest BCUT2D eigenvalue weighted by Crippen LogP contribution is -1.94. The van der Waals surface area contributed by atoms with Crippen molar-refractivity contribution in [1.82, 2.24) is 13.7 Å². The molecule has 0 fully saturated rings. The van der Waals surface area contributed by atoms with Crippen LogP contribution >= 0.6 is 0 Å². The monoisotopic (exact) mass is 977 g/mol. The first kappa shape index (κ1) is 43.2. The van der Waals surface area contributed by atoms with Crippen LogP contribution in [-0.4, -0.2) is 13.7 Å². The molecule has 0 saturated heterocycles. The molecular weight excluding hydrogens is 931 g/mol. The van der Waals surface area contributed by atoms with Crippen LogP contribution in [0.5, 0.6) is 0 Å². The first-order valence-electron chi connectivity index (χ1n) is 26.6. The van der Waals surface area contributed by atoms with E-state index in [1.54, 1.807) is 0 Å². The Bertz CT molecular complexity index is 4710. The molecule has 13 aromatic carbocycles. The molecule has 0 spiro atoms. The van der Waals surface area contributed by atoms with E-state index in [0.29, 0.717) is 0 Å². The molecule has 0 aliphatic carbocycles. The van der Waals surface area contributed by atoms with E-state index >= 15 is 0 Å². The number of para-hydroxylation sites is 3. The maximum Gasteiger partial charge on any atom is 0.0547 e. The molecule has 0 saturated carbocycles. The number of aromatic nitrogens is 3. The number of hydrogen-bond acceptors (Lipinski definition) is 0. The smallest absolute Gasteiger partial charge is 0.0547 e. The summed E-state index contributed by atoms with van der Waals surface area (Å²) >= 11 is 0. The summed E-state index contributed by atoms with van der Waals surface area (Å²) in [6, 6.07) is 105. The van der Waals surface area contributed by atoms with Gasteiger partial charge < -0.3 is 13.7 Å². The standard InChI is InChI=1S/C74H47N3/c1-4-20-56(21-5-1)75-71-38-32-50(52-30-36-63-65-44-54(61-28-14-18-48-16-10-12-26-59(48)61)34-40-69(65)76(73(63)46-52)57-22-6-2-7-23-57)42-67(71)68-43-51(33-39-72(68)75)53-31-37-64-66-45-55(62-29-15-19-49-17-11-13-27-60(49)62)35-41-70(66)77(74(64)47-53)58-24-8-3-9-25-58/h1-47H. The Balaban J connectivity index is 0.866. The second-order valence-electron chi connectivity index (χ2n) is 20.5. The number of rotatable bonds is 7. The minimum atomic E-state index is 1.14. The normalized spacial score (nSPS) is 11.9. The molecule has 16 aromatic rings. The van der Waals surface area contributed by atoms with Crippen molar-refractivity contribution in [3.63, 3.8) is 0 Å². The highest BCUT2D eigenvalue weighted by atomic mass is 15.0. The van der Waals surface area contributed by atoms with Gasteiger partial charge in [0.05, 0.1) is 33.1 Å². The minimum absolute atomic E-state index is 1.14. The number of nitrogens with zero attached hydrogens (tertiary/aromatic N) is 3. The number of fused-ring (bicyclic) bond motifs is 11. The van der Waals surface area contributed by atoms with Gasteiger partial charge in [-0.25, -0.2) is 0 Å². The van der Waals surface area contributed by atoms with Gasteiger partial charge in [-0.15, -0.1) is 0 Å². The fourth-order valence-corrected chi connectivity index (χ4v) is 12.6. The summed E-state index contributed by atoms with van der Waals surface area (Å²) in [7, 11) is 0. The zero-order valence-corrected chi connectivity index (χ0v) is 42.0. The van der Waals surface area contributed by atoms with Gasteiger partial charge in [0.15, 0.2) is 0 Å². The lowest BCUT2D eigenvalue weighted by molar-refractivity contribution is 1.18. The van der Waals surface area contributed by atoms with Crippen LogP contribution in [0.4, 0.5) is 0 Å². The third kappa shape index (κ3) is 6.84. The third-order valence-corrected chi connectivity index (χ3v) is 16.2. The van der Waals surface area contributed by atoms with E-state index in [0.717, 1.165) is 17.1 Å². The Morgan fingerprint density at radius 1 is 0.169 bits per heavy atom. The van der Waals surface area contributed by atoms with E-state index in [-0.39, 0.29) is 0 Å². The van der Waals surface area contributed by atoms with Gasteiger partial charge in [0.1, 0.15) is 0 Å². The van der Waals surface area contributed by atoms with Crippen molar-refractivity contribution >= 4 is 87.0 Å². The van der Waals surface area contributed by atoms with Crippen LogP contribution in [0.15, 0.2) is 285 Å². The molecule has 0 amide bonds. The molecule has 0 aliphatic rings. The van der Waals surface area contributed by atoms with Crippen LogP contribution in [0, 0.1) is 0 Å². The summed E-state index contributed by atoms with van der Waals surface area (Å²) in [5.41, 5.74) is 20.1. The van der Waals surface area contributed by atoms with Crippen molar-refractivity contribution < 1.29 is 0 Å². The molecule has 0 N–H and O–H groups in total. The predicted molar refractivity (Wildman–Crippen MR) is 326 cm³/mol. The average Bonchev–Trinajstić information content (AvgIpc) is 4.22. The van der Waals surface area contributed by atoms with Crippen LogP contribution in [0.1, 0.15) is 0 Å². The lowest BCUT2D eigenvalue weighted by Gasteiger charge is -2.10. The Morgan fingerprint density at radius 3 is 0.883 bits per heavy atom. The molecule has 3 heterocycles. The van der Waals surface area contributed by atoms with E-state index in [1.165, 1.54) is 131 Å². The van der Waals surface area contributed by atoms with Crippen LogP contribution in [0.3, 0.4) is 0 Å². The first-order valence-corrected chi connectivity index (χ1v) is 26.6. The van der Waals surface area contributed by atoms with Gasteiger partial charge in [-0.1, -0.05) is 188 Å². The predicted octanol–water partition coefficient (Wildman–Crippen LogP) is 20.0. The summed E-state index contributed by atoms with van der Waals surface area (Å²) in [5.74, 6) is 0. The number of benzene rings is 13. The van der Waals surface area contributed by atoms with Crippen LogP contribution < -0.4 is 0 Å². The second-order valence-corrected chi connectivity index (χ2v) is 20.5. The molecule has 3 heteroatoms. The van der Waals surface area contributed by atoms with Gasteiger partial charge in [-0.2, -0.15) is 0 Å².